The van der Waals surface area contributed by atoms with Crippen LogP contribution in [-0.2, 0) is 6.42 Å². The molecule has 0 N–H and O–H groups in total. The van der Waals surface area contributed by atoms with Gasteiger partial charge in [-0.05, 0) is 36.4 Å². The van der Waals surface area contributed by atoms with Crippen molar-refractivity contribution in [2.75, 3.05) is 0 Å². The van der Waals surface area contributed by atoms with Gasteiger partial charge in [-0.15, -0.1) is 0 Å². The Balaban J connectivity index is 1.96. The van der Waals surface area contributed by atoms with Crippen LogP contribution >= 0.6 is 0 Å². The van der Waals surface area contributed by atoms with Gasteiger partial charge < -0.3 is 8.98 Å². The first-order chi connectivity index (χ1) is 8.88. The Hall–Kier alpha value is -2.29. The Labute approximate surface area is 106 Å². The maximum absolute atomic E-state index is 5.38. The number of benzene rings is 1. The number of aromatic nitrogens is 2. The van der Waals surface area contributed by atoms with Crippen molar-refractivity contribution in [1.82, 2.24) is 9.55 Å². The molecule has 2 heterocycles. The number of aryl methyl sites for hydroxylation is 1. The molecule has 0 radical (unpaired) electrons. The van der Waals surface area contributed by atoms with Crippen molar-refractivity contribution in [2.24, 2.45) is 0 Å². The molecule has 0 bridgehead atoms. The minimum atomic E-state index is 0.892. The zero-order valence-electron chi connectivity index (χ0n) is 10.2. The lowest BCUT2D eigenvalue weighted by atomic mass is 10.1. The van der Waals surface area contributed by atoms with Gasteiger partial charge in [0.15, 0.2) is 0 Å². The molecular weight excluding hydrogens is 224 g/mol. The van der Waals surface area contributed by atoms with E-state index in [4.69, 9.17) is 4.42 Å². The quantitative estimate of drug-likeness (QED) is 0.696. The summed E-state index contributed by atoms with van der Waals surface area (Å²) in [6, 6.07) is 12.1. The van der Waals surface area contributed by atoms with Gasteiger partial charge in [0.1, 0.15) is 11.6 Å². The molecule has 0 amide bonds. The molecule has 0 spiro atoms. The van der Waals surface area contributed by atoms with E-state index in [0.29, 0.717) is 0 Å². The predicted molar refractivity (Wildman–Crippen MR) is 70.6 cm³/mol. The number of rotatable bonds is 3. The van der Waals surface area contributed by atoms with Gasteiger partial charge in [-0.1, -0.05) is 6.92 Å². The summed E-state index contributed by atoms with van der Waals surface area (Å²) in [7, 11) is 0. The molecule has 1 aromatic carbocycles. The summed E-state index contributed by atoms with van der Waals surface area (Å²) in [5.74, 6) is 1.96. The standard InChI is InChI=1S/C15H14N2O/c1-2-15-16-9-10-17(15)13-7-5-12(6-8-13)14-4-3-11-18-14/h3-11H,2H2,1H3. The van der Waals surface area contributed by atoms with Gasteiger partial charge in [-0.2, -0.15) is 0 Å². The Morgan fingerprint density at radius 1 is 1.17 bits per heavy atom. The monoisotopic (exact) mass is 238 g/mol. The number of furan rings is 1. The van der Waals surface area contributed by atoms with Crippen molar-refractivity contribution in [1.29, 1.82) is 0 Å². The van der Waals surface area contributed by atoms with Crippen LogP contribution in [0, 0.1) is 0 Å². The second-order valence-electron chi connectivity index (χ2n) is 4.09. The van der Waals surface area contributed by atoms with Crippen molar-refractivity contribution < 1.29 is 4.42 Å². The van der Waals surface area contributed by atoms with E-state index in [-0.39, 0.29) is 0 Å². The van der Waals surface area contributed by atoms with Crippen LogP contribution in [0.3, 0.4) is 0 Å². The summed E-state index contributed by atoms with van der Waals surface area (Å²) in [4.78, 5) is 4.33. The zero-order valence-corrected chi connectivity index (χ0v) is 10.2. The summed E-state index contributed by atoms with van der Waals surface area (Å²) in [6.45, 7) is 2.11. The van der Waals surface area contributed by atoms with E-state index in [1.54, 1.807) is 6.26 Å². The van der Waals surface area contributed by atoms with Crippen LogP contribution < -0.4 is 0 Å². The highest BCUT2D eigenvalue weighted by molar-refractivity contribution is 5.59. The fourth-order valence-corrected chi connectivity index (χ4v) is 2.06. The number of hydrogen-bond donors (Lipinski definition) is 0. The Bertz CT molecular complexity index is 621. The molecule has 0 unspecified atom stereocenters. The topological polar surface area (TPSA) is 31.0 Å². The molecule has 0 atom stereocenters. The second kappa shape index (κ2) is 4.53. The van der Waals surface area contributed by atoms with Crippen molar-refractivity contribution in [3.63, 3.8) is 0 Å². The molecule has 18 heavy (non-hydrogen) atoms. The SMILES string of the molecule is CCc1nccn1-c1ccc(-c2ccco2)cc1. The fourth-order valence-electron chi connectivity index (χ4n) is 2.06. The third kappa shape index (κ3) is 1.84. The highest BCUT2D eigenvalue weighted by Crippen LogP contribution is 2.21. The van der Waals surface area contributed by atoms with Crippen LogP contribution in [0.1, 0.15) is 12.7 Å². The van der Waals surface area contributed by atoms with Crippen LogP contribution in [0.2, 0.25) is 0 Å². The summed E-state index contributed by atoms with van der Waals surface area (Å²) in [5.41, 5.74) is 2.21. The van der Waals surface area contributed by atoms with Crippen molar-refractivity contribution in [2.45, 2.75) is 13.3 Å². The van der Waals surface area contributed by atoms with Crippen LogP contribution in [0.4, 0.5) is 0 Å². The number of hydrogen-bond acceptors (Lipinski definition) is 2. The Morgan fingerprint density at radius 3 is 2.67 bits per heavy atom. The fraction of sp³-hybridized carbons (Fsp3) is 0.133. The van der Waals surface area contributed by atoms with E-state index in [1.165, 1.54) is 0 Å². The molecule has 2 aromatic heterocycles. The van der Waals surface area contributed by atoms with Crippen LogP contribution in [0.15, 0.2) is 59.5 Å². The molecule has 3 nitrogen and oxygen atoms in total. The molecule has 3 heteroatoms. The molecule has 3 aromatic rings. The van der Waals surface area contributed by atoms with Crippen LogP contribution in [0.25, 0.3) is 17.0 Å². The molecule has 0 aliphatic heterocycles. The second-order valence-corrected chi connectivity index (χ2v) is 4.09. The maximum atomic E-state index is 5.38. The molecule has 0 aliphatic rings. The van der Waals surface area contributed by atoms with Crippen molar-refractivity contribution in [3.8, 4) is 17.0 Å². The summed E-state index contributed by atoms with van der Waals surface area (Å²) in [5, 5.41) is 0. The minimum absolute atomic E-state index is 0.892. The van der Waals surface area contributed by atoms with Gasteiger partial charge >= 0.3 is 0 Å². The first kappa shape index (κ1) is 10.8. The first-order valence-electron chi connectivity index (χ1n) is 6.05. The lowest BCUT2D eigenvalue weighted by molar-refractivity contribution is 0.582. The largest absolute Gasteiger partial charge is 0.464 e. The Kier molecular flexibility index (Phi) is 2.73. The van der Waals surface area contributed by atoms with Gasteiger partial charge in [0.25, 0.3) is 0 Å². The molecule has 90 valence electrons. The van der Waals surface area contributed by atoms with Gasteiger partial charge in [0.2, 0.25) is 0 Å². The average Bonchev–Trinajstić information content (AvgIpc) is 3.10. The lowest BCUT2D eigenvalue weighted by Crippen LogP contribution is -1.98. The molecule has 0 aliphatic carbocycles. The molecule has 0 saturated carbocycles. The zero-order chi connectivity index (χ0) is 12.4. The third-order valence-electron chi connectivity index (χ3n) is 2.98. The lowest BCUT2D eigenvalue weighted by Gasteiger charge is -2.06. The van der Waals surface area contributed by atoms with Crippen molar-refractivity contribution in [3.05, 3.63) is 60.9 Å². The minimum Gasteiger partial charge on any atom is -0.464 e. The molecule has 0 saturated heterocycles. The van der Waals surface area contributed by atoms with Gasteiger partial charge in [0, 0.05) is 30.1 Å². The first-order valence-corrected chi connectivity index (χ1v) is 6.05. The molecular formula is C15H14N2O. The number of imidazole rings is 1. The highest BCUT2D eigenvalue weighted by atomic mass is 16.3. The third-order valence-corrected chi connectivity index (χ3v) is 2.98. The van der Waals surface area contributed by atoms with E-state index in [0.717, 1.165) is 29.3 Å². The average molecular weight is 238 g/mol. The molecule has 0 fully saturated rings. The van der Waals surface area contributed by atoms with E-state index in [1.807, 2.05) is 24.5 Å². The van der Waals surface area contributed by atoms with E-state index in [2.05, 4.69) is 40.7 Å². The molecule has 3 rings (SSSR count). The van der Waals surface area contributed by atoms with Crippen LogP contribution in [-0.4, -0.2) is 9.55 Å². The van der Waals surface area contributed by atoms with Gasteiger partial charge in [0.05, 0.1) is 6.26 Å². The summed E-state index contributed by atoms with van der Waals surface area (Å²) in [6.07, 6.45) is 6.43. The Morgan fingerprint density at radius 2 is 2.00 bits per heavy atom. The summed E-state index contributed by atoms with van der Waals surface area (Å²) < 4.78 is 7.48. The van der Waals surface area contributed by atoms with Crippen molar-refractivity contribution >= 4 is 0 Å². The van der Waals surface area contributed by atoms with Crippen LogP contribution in [0.5, 0.6) is 0 Å². The van der Waals surface area contributed by atoms with Gasteiger partial charge in [-0.3, -0.25) is 0 Å². The normalized spacial score (nSPS) is 10.7. The van der Waals surface area contributed by atoms with E-state index < -0.39 is 0 Å². The highest BCUT2D eigenvalue weighted by Gasteiger charge is 2.04. The van der Waals surface area contributed by atoms with Gasteiger partial charge in [-0.25, -0.2) is 4.98 Å². The number of nitrogens with zero attached hydrogens (tertiary/aromatic N) is 2. The summed E-state index contributed by atoms with van der Waals surface area (Å²) >= 11 is 0. The maximum Gasteiger partial charge on any atom is 0.133 e. The smallest absolute Gasteiger partial charge is 0.133 e. The van der Waals surface area contributed by atoms with E-state index in [9.17, 15) is 0 Å². The predicted octanol–water partition coefficient (Wildman–Crippen LogP) is 3.69. The van der Waals surface area contributed by atoms with E-state index >= 15 is 0 Å².